The second kappa shape index (κ2) is 13.7. The van der Waals surface area contributed by atoms with Crippen LogP contribution in [0.3, 0.4) is 0 Å². The summed E-state index contributed by atoms with van der Waals surface area (Å²) in [4.78, 5) is 52.0. The van der Waals surface area contributed by atoms with Crippen molar-refractivity contribution >= 4 is 23.9 Å². The lowest BCUT2D eigenvalue weighted by molar-refractivity contribution is -0.144. The molecule has 3 amide bonds. The summed E-state index contributed by atoms with van der Waals surface area (Å²) in [6.45, 7) is 11.9. The molecule has 196 valence electrons. The number of likely N-dealkylation sites (N-methyl/N-ethyl adjacent to an activating group) is 1. The minimum atomic E-state index is -1.32. The van der Waals surface area contributed by atoms with Crippen LogP contribution in [0.5, 0.6) is 0 Å². The highest BCUT2D eigenvalue weighted by molar-refractivity contribution is 5.92. The Morgan fingerprint density at radius 2 is 1.77 bits per heavy atom. The van der Waals surface area contributed by atoms with Crippen LogP contribution in [-0.4, -0.2) is 71.8 Å². The first-order valence-electron chi connectivity index (χ1n) is 11.8. The first kappa shape index (κ1) is 29.9. The van der Waals surface area contributed by atoms with Gasteiger partial charge >= 0.3 is 12.1 Å². The number of aliphatic hydroxyl groups is 1. The molecule has 1 rings (SSSR count). The third-order valence-corrected chi connectivity index (χ3v) is 5.23. The number of carbonyl (C=O) groups is 4. The van der Waals surface area contributed by atoms with Gasteiger partial charge in [0.2, 0.25) is 11.8 Å². The van der Waals surface area contributed by atoms with E-state index in [0.717, 1.165) is 11.1 Å². The van der Waals surface area contributed by atoms with Crippen molar-refractivity contribution in [1.82, 2.24) is 15.5 Å². The third kappa shape index (κ3) is 9.20. The van der Waals surface area contributed by atoms with Crippen LogP contribution in [0, 0.1) is 13.8 Å². The fourth-order valence-corrected chi connectivity index (χ4v) is 3.44. The average molecular weight is 494 g/mol. The van der Waals surface area contributed by atoms with E-state index in [-0.39, 0.29) is 26.1 Å². The van der Waals surface area contributed by atoms with Gasteiger partial charge in [0.15, 0.2) is 0 Å². The Morgan fingerprint density at radius 3 is 2.31 bits per heavy atom. The second-order valence-corrected chi connectivity index (χ2v) is 9.04. The smallest absolute Gasteiger partial charge is 0.408 e. The van der Waals surface area contributed by atoms with Gasteiger partial charge in [-0.05, 0) is 65.2 Å². The molecule has 0 aliphatic heterocycles. The number of alkyl carbamates (subject to hydrolysis) is 1. The number of hydrogen-bond acceptors (Lipinski definition) is 7. The molecule has 0 radical (unpaired) electrons. The standard InChI is InChI=1S/C25H39N3O7/c1-8-28(23(32)19(15-29)27-24(33)35-25(5,6)7)21(18-12-10-11-16(3)17(18)4)22(31)26-14-13-20(30)34-9-2/h10-12,19,21,29H,8-9,13-15H2,1-7H3,(H,26,31)(H,27,33). The number of carbonyl (C=O) groups excluding carboxylic acids is 4. The SMILES string of the molecule is CCOC(=O)CCNC(=O)C(c1cccc(C)c1C)N(CC)C(=O)C(CO)NC(=O)OC(C)(C)C. The van der Waals surface area contributed by atoms with E-state index in [1.807, 2.05) is 19.9 Å². The number of aliphatic hydroxyl groups excluding tert-OH is 1. The van der Waals surface area contributed by atoms with Crippen molar-refractivity contribution in [2.24, 2.45) is 0 Å². The van der Waals surface area contributed by atoms with E-state index in [1.54, 1.807) is 46.8 Å². The van der Waals surface area contributed by atoms with Gasteiger partial charge in [0, 0.05) is 13.1 Å². The number of nitrogens with zero attached hydrogens (tertiary/aromatic N) is 1. The molecule has 1 aromatic carbocycles. The van der Waals surface area contributed by atoms with Crippen molar-refractivity contribution in [3.05, 3.63) is 34.9 Å². The summed E-state index contributed by atoms with van der Waals surface area (Å²) in [5.41, 5.74) is 1.56. The molecule has 35 heavy (non-hydrogen) atoms. The molecule has 0 aliphatic carbocycles. The third-order valence-electron chi connectivity index (χ3n) is 5.23. The van der Waals surface area contributed by atoms with E-state index in [0.29, 0.717) is 5.56 Å². The van der Waals surface area contributed by atoms with Gasteiger partial charge in [0.05, 0.1) is 19.6 Å². The molecule has 10 heteroatoms. The Kier molecular flexibility index (Phi) is 11.7. The summed E-state index contributed by atoms with van der Waals surface area (Å²) in [6, 6.07) is 3.07. The van der Waals surface area contributed by atoms with Crippen LogP contribution >= 0.6 is 0 Å². The molecule has 0 bridgehead atoms. The predicted molar refractivity (Wildman–Crippen MR) is 131 cm³/mol. The van der Waals surface area contributed by atoms with E-state index in [9.17, 15) is 24.3 Å². The molecule has 2 atom stereocenters. The van der Waals surface area contributed by atoms with Gasteiger partial charge in [-0.1, -0.05) is 18.2 Å². The van der Waals surface area contributed by atoms with Crippen molar-refractivity contribution in [2.45, 2.75) is 72.6 Å². The van der Waals surface area contributed by atoms with Crippen LogP contribution in [0.15, 0.2) is 18.2 Å². The number of nitrogens with one attached hydrogen (secondary N) is 2. The highest BCUT2D eigenvalue weighted by Gasteiger charge is 2.36. The van der Waals surface area contributed by atoms with E-state index in [2.05, 4.69) is 10.6 Å². The number of esters is 1. The maximum Gasteiger partial charge on any atom is 0.408 e. The molecule has 2 unspecified atom stereocenters. The summed E-state index contributed by atoms with van der Waals surface area (Å²) in [7, 11) is 0. The predicted octanol–water partition coefficient (Wildman–Crippen LogP) is 2.15. The minimum Gasteiger partial charge on any atom is -0.466 e. The normalized spacial score (nSPS) is 12.8. The molecule has 0 saturated carbocycles. The van der Waals surface area contributed by atoms with Crippen LogP contribution in [0.4, 0.5) is 4.79 Å². The molecule has 0 fully saturated rings. The lowest BCUT2D eigenvalue weighted by Gasteiger charge is -2.34. The number of amides is 3. The fraction of sp³-hybridized carbons (Fsp3) is 0.600. The molecule has 0 spiro atoms. The molecular formula is C25H39N3O7. The number of ether oxygens (including phenoxy) is 2. The Bertz CT molecular complexity index is 896. The topological polar surface area (TPSA) is 134 Å². The van der Waals surface area contributed by atoms with Crippen LogP contribution in [0.2, 0.25) is 0 Å². The molecule has 0 heterocycles. The summed E-state index contributed by atoms with van der Waals surface area (Å²) in [5, 5.41) is 15.0. The van der Waals surface area contributed by atoms with Crippen molar-refractivity contribution in [3.63, 3.8) is 0 Å². The molecule has 1 aromatic rings. The molecule has 0 aliphatic rings. The molecular weight excluding hydrogens is 454 g/mol. The Hall–Kier alpha value is -3.14. The van der Waals surface area contributed by atoms with E-state index in [4.69, 9.17) is 9.47 Å². The Morgan fingerprint density at radius 1 is 1.11 bits per heavy atom. The van der Waals surface area contributed by atoms with Gasteiger partial charge < -0.3 is 30.1 Å². The summed E-state index contributed by atoms with van der Waals surface area (Å²) >= 11 is 0. The van der Waals surface area contributed by atoms with E-state index in [1.165, 1.54) is 4.90 Å². The van der Waals surface area contributed by atoms with Gasteiger partial charge in [0.25, 0.3) is 0 Å². The van der Waals surface area contributed by atoms with E-state index >= 15 is 0 Å². The monoisotopic (exact) mass is 493 g/mol. The van der Waals surface area contributed by atoms with Crippen LogP contribution in [0.1, 0.15) is 63.8 Å². The molecule has 3 N–H and O–H groups in total. The zero-order valence-electron chi connectivity index (χ0n) is 21.8. The van der Waals surface area contributed by atoms with Crippen molar-refractivity contribution in [1.29, 1.82) is 0 Å². The summed E-state index contributed by atoms with van der Waals surface area (Å²) in [6.07, 6.45) is -0.873. The van der Waals surface area contributed by atoms with Crippen molar-refractivity contribution in [2.75, 3.05) is 26.3 Å². The van der Waals surface area contributed by atoms with Gasteiger partial charge in [-0.15, -0.1) is 0 Å². The average Bonchev–Trinajstić information content (AvgIpc) is 2.76. The number of aryl methyl sites for hydroxylation is 1. The van der Waals surface area contributed by atoms with Crippen molar-refractivity contribution < 1.29 is 33.8 Å². The van der Waals surface area contributed by atoms with Crippen LogP contribution in [0.25, 0.3) is 0 Å². The number of benzene rings is 1. The van der Waals surface area contributed by atoms with Crippen molar-refractivity contribution in [3.8, 4) is 0 Å². The van der Waals surface area contributed by atoms with Gasteiger partial charge in [0.1, 0.15) is 17.7 Å². The maximum atomic E-state index is 13.4. The summed E-state index contributed by atoms with van der Waals surface area (Å²) < 4.78 is 10.1. The first-order chi connectivity index (χ1) is 16.4. The quantitative estimate of drug-likeness (QED) is 0.402. The number of rotatable bonds is 11. The maximum absolute atomic E-state index is 13.4. The van der Waals surface area contributed by atoms with Gasteiger partial charge in [-0.2, -0.15) is 0 Å². The first-order valence-corrected chi connectivity index (χ1v) is 11.8. The number of hydrogen-bond donors (Lipinski definition) is 3. The largest absolute Gasteiger partial charge is 0.466 e. The molecule has 0 saturated heterocycles. The Balaban J connectivity index is 3.25. The highest BCUT2D eigenvalue weighted by Crippen LogP contribution is 2.27. The lowest BCUT2D eigenvalue weighted by atomic mass is 9.95. The van der Waals surface area contributed by atoms with E-state index < -0.39 is 48.2 Å². The zero-order chi connectivity index (χ0) is 26.8. The van der Waals surface area contributed by atoms with Crippen LogP contribution < -0.4 is 10.6 Å². The van der Waals surface area contributed by atoms with Gasteiger partial charge in [-0.25, -0.2) is 4.79 Å². The fourth-order valence-electron chi connectivity index (χ4n) is 3.44. The second-order valence-electron chi connectivity index (χ2n) is 9.04. The Labute approximate surface area is 207 Å². The molecule has 10 nitrogen and oxygen atoms in total. The minimum absolute atomic E-state index is 0.0152. The summed E-state index contributed by atoms with van der Waals surface area (Å²) in [5.74, 6) is -1.58. The highest BCUT2D eigenvalue weighted by atomic mass is 16.6. The van der Waals surface area contributed by atoms with Crippen LogP contribution in [-0.2, 0) is 23.9 Å². The zero-order valence-corrected chi connectivity index (χ0v) is 21.8. The molecule has 0 aromatic heterocycles. The lowest BCUT2D eigenvalue weighted by Crippen LogP contribution is -2.54. The van der Waals surface area contributed by atoms with Gasteiger partial charge in [-0.3, -0.25) is 14.4 Å².